The smallest absolute Gasteiger partial charge is 0.329 e. The zero-order valence-corrected chi connectivity index (χ0v) is 12.1. The first-order valence-corrected chi connectivity index (χ1v) is 6.76. The highest BCUT2D eigenvalue weighted by Crippen LogP contribution is 2.42. The minimum atomic E-state index is -1.02. The number of carboxylic acid groups (broad SMARTS) is 1. The summed E-state index contributed by atoms with van der Waals surface area (Å²) in [6.45, 7) is 9.35. The van der Waals surface area contributed by atoms with E-state index in [0.29, 0.717) is 12.3 Å². The average molecular weight is 255 g/mol. The van der Waals surface area contributed by atoms with Crippen LogP contribution in [0.4, 0.5) is 0 Å². The molecule has 1 N–H and O–H groups in total. The third-order valence-electron chi connectivity index (χ3n) is 4.25. The van der Waals surface area contributed by atoms with Gasteiger partial charge in [0.2, 0.25) is 5.91 Å². The normalized spacial score (nSPS) is 32.3. The predicted molar refractivity (Wildman–Crippen MR) is 70.2 cm³/mol. The van der Waals surface area contributed by atoms with Crippen LogP contribution in [0.3, 0.4) is 0 Å². The summed E-state index contributed by atoms with van der Waals surface area (Å²) < 4.78 is 0. The van der Waals surface area contributed by atoms with Crippen LogP contribution in [0, 0.1) is 11.8 Å². The third-order valence-corrected chi connectivity index (χ3v) is 4.25. The predicted octanol–water partition coefficient (Wildman–Crippen LogP) is 2.52. The largest absolute Gasteiger partial charge is 0.479 e. The van der Waals surface area contributed by atoms with Crippen LogP contribution in [-0.2, 0) is 9.59 Å². The van der Waals surface area contributed by atoms with E-state index in [1.165, 1.54) is 6.92 Å². The van der Waals surface area contributed by atoms with Crippen molar-refractivity contribution in [3.8, 4) is 0 Å². The van der Waals surface area contributed by atoms with Gasteiger partial charge >= 0.3 is 5.97 Å². The molecule has 1 fully saturated rings. The summed E-state index contributed by atoms with van der Waals surface area (Å²) in [4.78, 5) is 25.3. The molecule has 3 unspecified atom stereocenters. The minimum absolute atomic E-state index is 0.00921. The molecule has 4 heteroatoms. The van der Waals surface area contributed by atoms with Crippen LogP contribution in [-0.4, -0.2) is 33.5 Å². The molecule has 0 heterocycles. The molecule has 18 heavy (non-hydrogen) atoms. The zero-order chi connectivity index (χ0) is 14.1. The summed E-state index contributed by atoms with van der Waals surface area (Å²) in [7, 11) is 0. The fraction of sp³-hybridized carbons (Fsp3) is 0.857. The average Bonchev–Trinajstić information content (AvgIpc) is 2.20. The van der Waals surface area contributed by atoms with Crippen LogP contribution >= 0.6 is 0 Å². The molecule has 1 aliphatic carbocycles. The van der Waals surface area contributed by atoms with Gasteiger partial charge in [-0.05, 0) is 44.9 Å². The van der Waals surface area contributed by atoms with Crippen molar-refractivity contribution in [3.05, 3.63) is 0 Å². The molecule has 4 nitrogen and oxygen atoms in total. The highest BCUT2D eigenvalue weighted by molar-refractivity contribution is 5.86. The maximum Gasteiger partial charge on any atom is 0.329 e. The van der Waals surface area contributed by atoms with E-state index in [1.54, 1.807) is 4.90 Å². The van der Waals surface area contributed by atoms with Crippen molar-refractivity contribution in [2.24, 2.45) is 11.8 Å². The van der Waals surface area contributed by atoms with Crippen molar-refractivity contribution in [1.29, 1.82) is 0 Å². The van der Waals surface area contributed by atoms with Crippen LogP contribution in [0.15, 0.2) is 0 Å². The Balaban J connectivity index is 3.21. The van der Waals surface area contributed by atoms with Crippen molar-refractivity contribution in [2.45, 2.75) is 65.5 Å². The maximum atomic E-state index is 11.9. The second kappa shape index (κ2) is 5.29. The van der Waals surface area contributed by atoms with Gasteiger partial charge in [-0.1, -0.05) is 13.8 Å². The van der Waals surface area contributed by atoms with E-state index >= 15 is 0 Å². The van der Waals surface area contributed by atoms with Gasteiger partial charge in [0.15, 0.2) is 0 Å². The Bertz CT molecular complexity index is 340. The quantitative estimate of drug-likeness (QED) is 0.843. The van der Waals surface area contributed by atoms with Gasteiger partial charge < -0.3 is 10.0 Å². The van der Waals surface area contributed by atoms with Gasteiger partial charge in [-0.25, -0.2) is 4.79 Å². The highest BCUT2D eigenvalue weighted by atomic mass is 16.4. The minimum Gasteiger partial charge on any atom is -0.479 e. The number of hydrogen-bond donors (Lipinski definition) is 1. The number of hydrogen-bond acceptors (Lipinski definition) is 2. The van der Waals surface area contributed by atoms with Crippen LogP contribution in [0.25, 0.3) is 0 Å². The molecule has 0 aromatic rings. The molecule has 0 spiro atoms. The van der Waals surface area contributed by atoms with E-state index in [2.05, 4.69) is 6.92 Å². The third kappa shape index (κ3) is 2.38. The number of nitrogens with zero attached hydrogens (tertiary/aromatic N) is 1. The Morgan fingerprint density at radius 3 is 2.22 bits per heavy atom. The first-order chi connectivity index (χ1) is 8.23. The van der Waals surface area contributed by atoms with Crippen molar-refractivity contribution < 1.29 is 14.7 Å². The monoisotopic (exact) mass is 255 g/mol. The number of amides is 1. The van der Waals surface area contributed by atoms with Crippen LogP contribution in [0.2, 0.25) is 0 Å². The van der Waals surface area contributed by atoms with Crippen LogP contribution in [0.1, 0.15) is 53.9 Å². The maximum absolute atomic E-state index is 11.9. The number of carboxylic acids is 1. The lowest BCUT2D eigenvalue weighted by Gasteiger charge is -2.50. The molecule has 1 saturated carbocycles. The summed E-state index contributed by atoms with van der Waals surface area (Å²) >= 11 is 0. The molecule has 0 radical (unpaired) electrons. The van der Waals surface area contributed by atoms with E-state index in [0.717, 1.165) is 12.8 Å². The summed E-state index contributed by atoms with van der Waals surface area (Å²) in [5.41, 5.74) is -1.02. The molecule has 3 atom stereocenters. The summed E-state index contributed by atoms with van der Waals surface area (Å²) in [6.07, 6.45) is 2.29. The van der Waals surface area contributed by atoms with Crippen molar-refractivity contribution in [1.82, 2.24) is 4.90 Å². The Morgan fingerprint density at radius 2 is 1.89 bits per heavy atom. The van der Waals surface area contributed by atoms with Gasteiger partial charge in [-0.15, -0.1) is 0 Å². The van der Waals surface area contributed by atoms with Gasteiger partial charge in [0.05, 0.1) is 0 Å². The number of aliphatic carboxylic acids is 1. The molecular formula is C14H25NO3. The summed E-state index contributed by atoms with van der Waals surface area (Å²) in [6, 6.07) is -0.0885. The molecule has 104 valence electrons. The lowest BCUT2D eigenvalue weighted by Crippen LogP contribution is -2.64. The first kappa shape index (κ1) is 15.0. The Labute approximate surface area is 109 Å². The lowest BCUT2D eigenvalue weighted by atomic mass is 9.68. The van der Waals surface area contributed by atoms with Crippen LogP contribution in [0.5, 0.6) is 0 Å². The fourth-order valence-corrected chi connectivity index (χ4v) is 3.51. The molecule has 0 saturated heterocycles. The molecule has 1 aliphatic rings. The zero-order valence-electron chi connectivity index (χ0n) is 12.1. The lowest BCUT2D eigenvalue weighted by molar-refractivity contribution is -0.169. The molecule has 1 amide bonds. The summed E-state index contributed by atoms with van der Waals surface area (Å²) in [5.74, 6) is -0.474. The number of carbonyl (C=O) groups excluding carboxylic acids is 1. The second-order valence-electron chi connectivity index (χ2n) is 5.99. The second-order valence-corrected chi connectivity index (χ2v) is 5.99. The van der Waals surface area contributed by atoms with E-state index in [1.807, 2.05) is 20.8 Å². The topological polar surface area (TPSA) is 57.6 Å². The Morgan fingerprint density at radius 1 is 1.33 bits per heavy atom. The molecular weight excluding hydrogens is 230 g/mol. The SMILES string of the molecule is CC(=O)N(C(C)C)C1(C(=O)O)CCC(C)CC1C. The van der Waals surface area contributed by atoms with Crippen molar-refractivity contribution in [2.75, 3.05) is 0 Å². The summed E-state index contributed by atoms with van der Waals surface area (Å²) in [5, 5.41) is 9.72. The van der Waals surface area contributed by atoms with Crippen LogP contribution < -0.4 is 0 Å². The van der Waals surface area contributed by atoms with E-state index < -0.39 is 11.5 Å². The van der Waals surface area contributed by atoms with Gasteiger partial charge in [0, 0.05) is 13.0 Å². The fourth-order valence-electron chi connectivity index (χ4n) is 3.51. The van der Waals surface area contributed by atoms with Gasteiger partial charge in [0.25, 0.3) is 0 Å². The molecule has 0 aromatic heterocycles. The molecule has 0 aromatic carbocycles. The van der Waals surface area contributed by atoms with Gasteiger partial charge in [-0.3, -0.25) is 4.79 Å². The van der Waals surface area contributed by atoms with E-state index in [9.17, 15) is 14.7 Å². The Kier molecular flexibility index (Phi) is 4.41. The van der Waals surface area contributed by atoms with E-state index in [4.69, 9.17) is 0 Å². The van der Waals surface area contributed by atoms with Gasteiger partial charge in [0.1, 0.15) is 5.54 Å². The molecule has 0 aliphatic heterocycles. The van der Waals surface area contributed by atoms with Gasteiger partial charge in [-0.2, -0.15) is 0 Å². The Hall–Kier alpha value is -1.06. The van der Waals surface area contributed by atoms with Crippen molar-refractivity contribution in [3.63, 3.8) is 0 Å². The number of carbonyl (C=O) groups is 2. The number of rotatable bonds is 3. The highest BCUT2D eigenvalue weighted by Gasteiger charge is 2.52. The first-order valence-electron chi connectivity index (χ1n) is 6.76. The standard InChI is InChI=1S/C14H25NO3/c1-9(2)15(12(5)16)14(13(17)18)7-6-10(3)8-11(14)4/h9-11H,6-8H2,1-5H3,(H,17,18). The molecule has 1 rings (SSSR count). The molecule has 0 bridgehead atoms. The van der Waals surface area contributed by atoms with Crippen molar-refractivity contribution >= 4 is 11.9 Å². The van der Waals surface area contributed by atoms with E-state index in [-0.39, 0.29) is 17.9 Å².